The quantitative estimate of drug-likeness (QED) is 0.344. The number of amides is 1. The fourth-order valence-corrected chi connectivity index (χ4v) is 6.16. The molecule has 6 atom stereocenters. The largest absolute Gasteiger partial charge is 0.507 e. The Balaban J connectivity index is 1.91. The van der Waals surface area contributed by atoms with Crippen molar-refractivity contribution in [2.24, 2.45) is 23.5 Å². The summed E-state index contributed by atoms with van der Waals surface area (Å²) in [4.78, 5) is 42.2. The van der Waals surface area contributed by atoms with Gasteiger partial charge in [-0.05, 0) is 53.0 Å². The molecule has 11 heteroatoms. The number of nitrogens with two attached hydrogens (primary N) is 1. The number of likely N-dealkylation sites (N-methyl/N-ethyl adjacent to an activating group) is 1. The smallest absolute Gasteiger partial charge is 0.230 e. The number of fused-ring (bicyclic) bond motifs is 3. The van der Waals surface area contributed by atoms with Crippen LogP contribution in [-0.2, 0) is 27.3 Å². The van der Waals surface area contributed by atoms with Gasteiger partial charge in [-0.2, -0.15) is 0 Å². The number of carbonyl (C=O) groups is 3. The van der Waals surface area contributed by atoms with Crippen molar-refractivity contribution in [2.45, 2.75) is 37.1 Å². The van der Waals surface area contributed by atoms with Crippen molar-refractivity contribution >= 4 is 23.2 Å². The van der Waals surface area contributed by atoms with Crippen molar-refractivity contribution in [1.82, 2.24) is 9.80 Å². The lowest BCUT2D eigenvalue weighted by Gasteiger charge is -2.53. The number of benzene rings is 1. The van der Waals surface area contributed by atoms with Crippen molar-refractivity contribution in [2.75, 3.05) is 28.2 Å². The van der Waals surface area contributed by atoms with Crippen LogP contribution in [0.25, 0.3) is 5.76 Å². The van der Waals surface area contributed by atoms with Crippen molar-refractivity contribution in [1.29, 1.82) is 0 Å². The maximum atomic E-state index is 15.4. The number of ketones is 2. The summed E-state index contributed by atoms with van der Waals surface area (Å²) in [7, 11) is 6.60. The third kappa shape index (κ3) is 3.48. The van der Waals surface area contributed by atoms with Gasteiger partial charge in [0.25, 0.3) is 0 Å². The Morgan fingerprint density at radius 2 is 1.86 bits per heavy atom. The van der Waals surface area contributed by atoms with Crippen molar-refractivity contribution < 1.29 is 39.2 Å². The van der Waals surface area contributed by atoms with E-state index in [4.69, 9.17) is 5.73 Å². The molecule has 190 valence electrons. The second kappa shape index (κ2) is 8.37. The van der Waals surface area contributed by atoms with Crippen molar-refractivity contribution in [3.05, 3.63) is 34.1 Å². The monoisotopic (exact) mass is 491 g/mol. The minimum Gasteiger partial charge on any atom is -0.507 e. The first-order valence-electron chi connectivity index (χ1n) is 11.3. The van der Waals surface area contributed by atoms with Gasteiger partial charge in [0.05, 0.1) is 11.7 Å². The molecule has 2 unspecified atom stereocenters. The topological polar surface area (TPSA) is 165 Å². The van der Waals surface area contributed by atoms with Crippen molar-refractivity contribution in [3.63, 3.8) is 0 Å². The standard InChI is InChI=1S/C24H30FN3O7/c1-27(2)8-10-7-13(29)15-11(17(10)25)5-9-6-12-18(28(3)4)20(31)16(23(26)34)22(33)24(12,35)21(32)14(9)19(15)30/h7,9,12,16,18,20,29-31,35H,5-6,8H2,1-4H3,(H2,26,34)/t9-,12-,16?,18-,20?,24-/m0/s1. The second-order valence-corrected chi connectivity index (χ2v) is 10.3. The first-order chi connectivity index (χ1) is 16.2. The van der Waals surface area contributed by atoms with E-state index < -0.39 is 70.3 Å². The van der Waals surface area contributed by atoms with E-state index in [-0.39, 0.29) is 41.6 Å². The molecule has 1 aromatic carbocycles. The maximum absolute atomic E-state index is 15.4. The summed E-state index contributed by atoms with van der Waals surface area (Å²) < 4.78 is 15.4. The number of carbonyl (C=O) groups excluding carboxylic acids is 3. The molecule has 1 aromatic rings. The van der Waals surface area contributed by atoms with Crippen LogP contribution in [-0.4, -0.2) is 93.6 Å². The highest BCUT2D eigenvalue weighted by Crippen LogP contribution is 2.52. The fourth-order valence-electron chi connectivity index (χ4n) is 6.16. The summed E-state index contributed by atoms with van der Waals surface area (Å²) in [5.74, 6) is -9.08. The third-order valence-corrected chi connectivity index (χ3v) is 7.58. The van der Waals surface area contributed by atoms with Crippen LogP contribution in [0.4, 0.5) is 4.39 Å². The highest BCUT2D eigenvalue weighted by atomic mass is 19.1. The third-order valence-electron chi connectivity index (χ3n) is 7.58. The molecule has 10 nitrogen and oxygen atoms in total. The van der Waals surface area contributed by atoms with Gasteiger partial charge in [-0.15, -0.1) is 0 Å². The predicted molar refractivity (Wildman–Crippen MR) is 121 cm³/mol. The van der Waals surface area contributed by atoms with Crippen LogP contribution in [0.5, 0.6) is 5.75 Å². The summed E-state index contributed by atoms with van der Waals surface area (Å²) in [5, 5.41) is 44.0. The number of primary amides is 1. The lowest BCUT2D eigenvalue weighted by Crippen LogP contribution is -2.73. The minimum absolute atomic E-state index is 0.0328. The highest BCUT2D eigenvalue weighted by molar-refractivity contribution is 6.25. The zero-order chi connectivity index (χ0) is 26.1. The Hall–Kier alpha value is -2.86. The Bertz CT molecular complexity index is 1160. The van der Waals surface area contributed by atoms with Crippen LogP contribution < -0.4 is 5.73 Å². The summed E-state index contributed by atoms with van der Waals surface area (Å²) in [6.45, 7) is 0.188. The summed E-state index contributed by atoms with van der Waals surface area (Å²) in [5.41, 5.74) is 2.29. The number of Topliss-reactive ketones (excluding diaryl/α,β-unsaturated/α-hetero) is 2. The number of phenols is 1. The van der Waals surface area contributed by atoms with E-state index in [1.807, 2.05) is 0 Å². The SMILES string of the molecule is CN(C)Cc1cc(O)c2c(c1F)C[C@H]1C[C@H]3[C@H](N(C)C)C(O)C(C(N)=O)C(=O)[C@@]3(O)C(=O)C1=C2O. The minimum atomic E-state index is -2.73. The van der Waals surface area contributed by atoms with E-state index >= 15 is 4.39 Å². The van der Waals surface area contributed by atoms with Crippen LogP contribution in [0.3, 0.4) is 0 Å². The first kappa shape index (κ1) is 25.2. The number of hydrogen-bond acceptors (Lipinski definition) is 9. The number of aliphatic hydroxyl groups excluding tert-OH is 2. The van der Waals surface area contributed by atoms with E-state index in [0.29, 0.717) is 0 Å². The van der Waals surface area contributed by atoms with E-state index in [1.165, 1.54) is 11.0 Å². The number of hydrogen-bond donors (Lipinski definition) is 5. The molecule has 0 bridgehead atoms. The average Bonchev–Trinajstić information content (AvgIpc) is 2.73. The number of nitrogens with zero attached hydrogens (tertiary/aromatic N) is 2. The van der Waals surface area contributed by atoms with E-state index in [1.54, 1.807) is 33.1 Å². The number of rotatable bonds is 4. The first-order valence-corrected chi connectivity index (χ1v) is 11.3. The molecule has 2 saturated carbocycles. The Kier molecular flexibility index (Phi) is 6.03. The van der Waals surface area contributed by atoms with E-state index in [0.717, 1.165) is 0 Å². The molecule has 2 fully saturated rings. The number of aliphatic hydroxyl groups is 3. The zero-order valence-electron chi connectivity index (χ0n) is 19.9. The molecule has 0 aromatic heterocycles. The Labute approximate surface area is 201 Å². The van der Waals surface area contributed by atoms with Gasteiger partial charge in [0.2, 0.25) is 11.7 Å². The Morgan fingerprint density at radius 3 is 2.40 bits per heavy atom. The van der Waals surface area contributed by atoms with E-state index in [9.17, 15) is 34.8 Å². The van der Waals surface area contributed by atoms with Gasteiger partial charge in [-0.25, -0.2) is 4.39 Å². The molecular weight excluding hydrogens is 461 g/mol. The molecule has 35 heavy (non-hydrogen) atoms. The molecule has 6 N–H and O–H groups in total. The van der Waals surface area contributed by atoms with Gasteiger partial charge in [-0.3, -0.25) is 14.4 Å². The molecule has 0 aliphatic heterocycles. The van der Waals surface area contributed by atoms with Gasteiger partial charge in [-0.1, -0.05) is 0 Å². The van der Waals surface area contributed by atoms with Crippen molar-refractivity contribution in [3.8, 4) is 5.75 Å². The lowest BCUT2D eigenvalue weighted by atomic mass is 9.54. The second-order valence-electron chi connectivity index (χ2n) is 10.3. The average molecular weight is 492 g/mol. The normalized spacial score (nSPS) is 32.5. The molecule has 0 heterocycles. The summed E-state index contributed by atoms with van der Waals surface area (Å²) in [6.07, 6.45) is -1.70. The molecule has 0 spiro atoms. The number of halogens is 1. The molecule has 1 amide bonds. The molecule has 3 aliphatic carbocycles. The molecular formula is C24H30FN3O7. The predicted octanol–water partition coefficient (Wildman–Crippen LogP) is -0.670. The van der Waals surface area contributed by atoms with Gasteiger partial charge in [0.15, 0.2) is 11.4 Å². The summed E-state index contributed by atoms with van der Waals surface area (Å²) in [6, 6.07) is 0.172. The highest BCUT2D eigenvalue weighted by Gasteiger charge is 2.67. The number of aromatic hydroxyl groups is 1. The lowest BCUT2D eigenvalue weighted by molar-refractivity contribution is -0.184. The van der Waals surface area contributed by atoms with Gasteiger partial charge < -0.3 is 36.0 Å². The van der Waals surface area contributed by atoms with Crippen LogP contribution >= 0.6 is 0 Å². The maximum Gasteiger partial charge on any atom is 0.230 e. The van der Waals surface area contributed by atoms with Gasteiger partial charge in [0.1, 0.15) is 23.2 Å². The fraction of sp³-hybridized carbons (Fsp3) is 0.542. The van der Waals surface area contributed by atoms with E-state index in [2.05, 4.69) is 0 Å². The Morgan fingerprint density at radius 1 is 1.23 bits per heavy atom. The zero-order valence-corrected chi connectivity index (χ0v) is 19.9. The van der Waals surface area contributed by atoms with Crippen LogP contribution in [0.15, 0.2) is 11.6 Å². The van der Waals surface area contributed by atoms with Gasteiger partial charge >= 0.3 is 0 Å². The molecule has 4 rings (SSSR count). The number of phenolic OH excluding ortho intramolecular Hbond substituents is 1. The molecule has 3 aliphatic rings. The van der Waals surface area contributed by atoms with Gasteiger partial charge in [0, 0.05) is 35.2 Å². The summed E-state index contributed by atoms with van der Waals surface area (Å²) >= 11 is 0. The van der Waals surface area contributed by atoms with Crippen LogP contribution in [0.1, 0.15) is 23.1 Å². The van der Waals surface area contributed by atoms with Crippen LogP contribution in [0, 0.1) is 23.6 Å². The molecule has 0 saturated heterocycles. The molecule has 0 radical (unpaired) electrons. The van der Waals surface area contributed by atoms with Crippen LogP contribution in [0.2, 0.25) is 0 Å².